The normalized spacial score (nSPS) is 10.9. The smallest absolute Gasteiger partial charge is 0.182 e. The summed E-state index contributed by atoms with van der Waals surface area (Å²) in [6.45, 7) is 5.95. The summed E-state index contributed by atoms with van der Waals surface area (Å²) in [7, 11) is 0. The van der Waals surface area contributed by atoms with Crippen LogP contribution in [0.25, 0.3) is 56.8 Å². The van der Waals surface area contributed by atoms with Gasteiger partial charge >= 0.3 is 0 Å². The molecule has 4 heterocycles. The minimum absolute atomic E-state index is 0.535. The van der Waals surface area contributed by atoms with Crippen LogP contribution in [-0.4, -0.2) is 29.9 Å². The maximum absolute atomic E-state index is 4.87. The Balaban J connectivity index is 1.41. The van der Waals surface area contributed by atoms with Crippen molar-refractivity contribution >= 4 is 0 Å². The summed E-state index contributed by atoms with van der Waals surface area (Å²) >= 11 is 0. The van der Waals surface area contributed by atoms with Crippen LogP contribution in [0.15, 0.2) is 103 Å². The molecule has 0 unspecified atom stereocenters. The van der Waals surface area contributed by atoms with Gasteiger partial charge in [-0.05, 0) is 57.2 Å². The van der Waals surface area contributed by atoms with Gasteiger partial charge in [0.2, 0.25) is 0 Å². The van der Waals surface area contributed by atoms with Gasteiger partial charge in [-0.1, -0.05) is 66.7 Å². The quantitative estimate of drug-likeness (QED) is 0.244. The van der Waals surface area contributed by atoms with E-state index in [1.807, 2.05) is 99.6 Å². The number of benzene rings is 2. The second kappa shape index (κ2) is 10.3. The lowest BCUT2D eigenvalue weighted by Crippen LogP contribution is -2.01. The van der Waals surface area contributed by atoms with Crippen LogP contribution in [0, 0.1) is 20.8 Å². The van der Waals surface area contributed by atoms with Gasteiger partial charge in [0.1, 0.15) is 5.69 Å². The topological polar surface area (TPSA) is 77.3 Å². The Morgan fingerprint density at radius 2 is 0.641 bits per heavy atom. The third-order valence-corrected chi connectivity index (χ3v) is 6.41. The lowest BCUT2D eigenvalue weighted by Gasteiger charge is -2.10. The summed E-state index contributed by atoms with van der Waals surface area (Å²) in [5, 5.41) is 0. The molecule has 6 heteroatoms. The first kappa shape index (κ1) is 24.2. The second-order valence-corrected chi connectivity index (χ2v) is 9.45. The molecular weight excluding hydrogens is 480 g/mol. The Kier molecular flexibility index (Phi) is 6.43. The van der Waals surface area contributed by atoms with E-state index in [4.69, 9.17) is 15.0 Å². The van der Waals surface area contributed by atoms with Crippen LogP contribution in [0.4, 0.5) is 0 Å². The zero-order valence-electron chi connectivity index (χ0n) is 22.0. The van der Waals surface area contributed by atoms with Crippen molar-refractivity contribution in [1.29, 1.82) is 0 Å². The monoisotopic (exact) mass is 506 g/mol. The van der Waals surface area contributed by atoms with Gasteiger partial charge in [0.05, 0.1) is 11.4 Å². The average molecular weight is 507 g/mol. The number of hydrogen-bond donors (Lipinski definition) is 0. The summed E-state index contributed by atoms with van der Waals surface area (Å²) in [5.41, 5.74) is 9.32. The van der Waals surface area contributed by atoms with E-state index in [-0.39, 0.29) is 0 Å². The van der Waals surface area contributed by atoms with E-state index in [1.165, 1.54) is 0 Å². The molecule has 0 saturated carbocycles. The maximum Gasteiger partial charge on any atom is 0.182 e. The lowest BCUT2D eigenvalue weighted by molar-refractivity contribution is 1.05. The fourth-order valence-corrected chi connectivity index (χ4v) is 4.40. The highest BCUT2D eigenvalue weighted by Crippen LogP contribution is 2.27. The van der Waals surface area contributed by atoms with Gasteiger partial charge in [-0.25, -0.2) is 19.9 Å². The van der Waals surface area contributed by atoms with Crippen molar-refractivity contribution in [3.05, 3.63) is 120 Å². The minimum Gasteiger partial charge on any atom is -0.253 e. The second-order valence-electron chi connectivity index (χ2n) is 9.45. The Bertz CT molecular complexity index is 1670. The maximum atomic E-state index is 4.87. The molecule has 6 aromatic rings. The first-order chi connectivity index (χ1) is 19.0. The molecule has 0 bridgehead atoms. The van der Waals surface area contributed by atoms with Gasteiger partial charge in [-0.3, -0.25) is 9.97 Å². The van der Waals surface area contributed by atoms with Gasteiger partial charge in [0.25, 0.3) is 0 Å². The highest BCUT2D eigenvalue weighted by Gasteiger charge is 2.14. The van der Waals surface area contributed by atoms with Crippen LogP contribution in [0.2, 0.25) is 0 Å². The van der Waals surface area contributed by atoms with Crippen molar-refractivity contribution in [3.8, 4) is 56.8 Å². The standard InChI is InChI=1S/C33H26N6/c1-21-7-4-10-28(34-21)24-13-17-26(18-14-24)31-37-32(39-33(38-31)30-12-6-9-23(3)36-30)27-19-15-25(16-20-27)29-11-5-8-22(2)35-29/h4-20H,1-3H3. The Morgan fingerprint density at radius 3 is 1.05 bits per heavy atom. The van der Waals surface area contributed by atoms with Crippen molar-refractivity contribution < 1.29 is 0 Å². The van der Waals surface area contributed by atoms with Gasteiger partial charge in [-0.2, -0.15) is 0 Å². The van der Waals surface area contributed by atoms with Crippen molar-refractivity contribution in [1.82, 2.24) is 29.9 Å². The van der Waals surface area contributed by atoms with E-state index < -0.39 is 0 Å². The molecule has 0 aliphatic heterocycles. The summed E-state index contributed by atoms with van der Waals surface area (Å²) in [4.78, 5) is 28.5. The highest BCUT2D eigenvalue weighted by molar-refractivity contribution is 5.70. The molecule has 188 valence electrons. The first-order valence-corrected chi connectivity index (χ1v) is 12.8. The molecule has 0 saturated heterocycles. The van der Waals surface area contributed by atoms with Crippen LogP contribution in [0.5, 0.6) is 0 Å². The molecule has 6 nitrogen and oxygen atoms in total. The van der Waals surface area contributed by atoms with Crippen molar-refractivity contribution in [2.75, 3.05) is 0 Å². The fourth-order valence-electron chi connectivity index (χ4n) is 4.40. The number of nitrogens with zero attached hydrogens (tertiary/aromatic N) is 6. The van der Waals surface area contributed by atoms with Crippen LogP contribution >= 0.6 is 0 Å². The number of pyridine rings is 3. The molecule has 0 aliphatic carbocycles. The number of aromatic nitrogens is 6. The average Bonchev–Trinajstić information content (AvgIpc) is 2.97. The highest BCUT2D eigenvalue weighted by atomic mass is 15.0. The number of rotatable bonds is 5. The van der Waals surface area contributed by atoms with Crippen molar-refractivity contribution in [3.63, 3.8) is 0 Å². The summed E-state index contributed by atoms with van der Waals surface area (Å²) < 4.78 is 0. The third-order valence-electron chi connectivity index (χ3n) is 6.41. The fraction of sp³-hybridized carbons (Fsp3) is 0.0909. The lowest BCUT2D eigenvalue weighted by atomic mass is 10.1. The number of aryl methyl sites for hydroxylation is 3. The largest absolute Gasteiger partial charge is 0.253 e. The predicted molar refractivity (Wildman–Crippen MR) is 155 cm³/mol. The Hall–Kier alpha value is -5.10. The third kappa shape index (κ3) is 5.31. The van der Waals surface area contributed by atoms with E-state index in [9.17, 15) is 0 Å². The molecule has 2 aromatic carbocycles. The molecular formula is C33H26N6. The van der Waals surface area contributed by atoms with Crippen molar-refractivity contribution in [2.24, 2.45) is 0 Å². The van der Waals surface area contributed by atoms with Crippen molar-refractivity contribution in [2.45, 2.75) is 20.8 Å². The predicted octanol–water partition coefficient (Wildman–Crippen LogP) is 7.32. The van der Waals surface area contributed by atoms with Gasteiger partial charge < -0.3 is 0 Å². The zero-order valence-corrected chi connectivity index (χ0v) is 22.0. The van der Waals surface area contributed by atoms with Gasteiger partial charge in [0.15, 0.2) is 17.5 Å². The molecule has 0 atom stereocenters. The summed E-state index contributed by atoms with van der Waals surface area (Å²) in [6.07, 6.45) is 0. The molecule has 39 heavy (non-hydrogen) atoms. The molecule has 0 aliphatic rings. The zero-order chi connectivity index (χ0) is 26.8. The van der Waals surface area contributed by atoms with E-state index >= 15 is 0 Å². The van der Waals surface area contributed by atoms with E-state index in [0.29, 0.717) is 23.2 Å². The molecule has 6 rings (SSSR count). The van der Waals surface area contributed by atoms with Crippen LogP contribution in [-0.2, 0) is 0 Å². The molecule has 0 fully saturated rings. The molecule has 4 aromatic heterocycles. The van der Waals surface area contributed by atoms with E-state index in [2.05, 4.69) is 39.2 Å². The Labute approximate surface area is 227 Å². The molecule has 0 amide bonds. The minimum atomic E-state index is 0.535. The summed E-state index contributed by atoms with van der Waals surface area (Å²) in [6, 6.07) is 34.2. The van der Waals surface area contributed by atoms with Crippen LogP contribution in [0.1, 0.15) is 17.1 Å². The number of hydrogen-bond acceptors (Lipinski definition) is 6. The van der Waals surface area contributed by atoms with Gasteiger partial charge in [0, 0.05) is 39.3 Å². The van der Waals surface area contributed by atoms with Crippen LogP contribution < -0.4 is 0 Å². The SMILES string of the molecule is Cc1cccc(-c2ccc(-c3nc(-c4ccc(-c5cccc(C)n5)cc4)nc(-c4cccc(C)n4)n3)cc2)n1. The van der Waals surface area contributed by atoms with E-state index in [0.717, 1.165) is 50.7 Å². The molecule has 0 radical (unpaired) electrons. The molecule has 0 spiro atoms. The van der Waals surface area contributed by atoms with E-state index in [1.54, 1.807) is 0 Å². The Morgan fingerprint density at radius 1 is 0.308 bits per heavy atom. The van der Waals surface area contributed by atoms with Crippen LogP contribution in [0.3, 0.4) is 0 Å². The molecule has 0 N–H and O–H groups in total. The summed E-state index contributed by atoms with van der Waals surface area (Å²) in [5.74, 6) is 1.71. The van der Waals surface area contributed by atoms with Gasteiger partial charge in [-0.15, -0.1) is 0 Å². The first-order valence-electron chi connectivity index (χ1n) is 12.8.